The van der Waals surface area contributed by atoms with Crippen molar-refractivity contribution >= 4 is 17.7 Å². The van der Waals surface area contributed by atoms with E-state index in [1.807, 2.05) is 11.8 Å². The summed E-state index contributed by atoms with van der Waals surface area (Å²) in [4.78, 5) is 14.7. The van der Waals surface area contributed by atoms with Gasteiger partial charge in [-0.1, -0.05) is 61.2 Å². The maximum atomic E-state index is 11.1. The number of rotatable bonds is 9. The fourth-order valence-corrected chi connectivity index (χ4v) is 5.22. The first kappa shape index (κ1) is 20.9. The first-order valence-corrected chi connectivity index (χ1v) is 11.2. The van der Waals surface area contributed by atoms with Crippen molar-refractivity contribution in [2.24, 2.45) is 0 Å². The Morgan fingerprint density at radius 1 is 1.04 bits per heavy atom. The largest absolute Gasteiger partial charge is 0.481 e. The third-order valence-corrected chi connectivity index (χ3v) is 6.62. The van der Waals surface area contributed by atoms with E-state index in [0.29, 0.717) is 6.54 Å². The number of benzene rings is 2. The minimum Gasteiger partial charge on any atom is -0.481 e. The van der Waals surface area contributed by atoms with Crippen molar-refractivity contribution in [3.8, 4) is 0 Å². The summed E-state index contributed by atoms with van der Waals surface area (Å²) in [6.45, 7) is 4.20. The molecule has 2 aromatic carbocycles. The van der Waals surface area contributed by atoms with Gasteiger partial charge in [-0.3, -0.25) is 9.69 Å². The zero-order valence-corrected chi connectivity index (χ0v) is 17.6. The first-order valence-electron chi connectivity index (χ1n) is 10.3. The Kier molecular flexibility index (Phi) is 7.99. The molecule has 2 aromatic rings. The van der Waals surface area contributed by atoms with E-state index in [2.05, 4.69) is 60.4 Å². The predicted octanol–water partition coefficient (Wildman–Crippen LogP) is 5.90. The summed E-state index contributed by atoms with van der Waals surface area (Å²) in [6.07, 6.45) is 6.92. The lowest BCUT2D eigenvalue weighted by molar-refractivity contribution is -0.137. The number of carboxylic acids is 1. The highest BCUT2D eigenvalue weighted by atomic mass is 32.2. The normalized spacial score (nSPS) is 15.1. The molecule has 28 heavy (non-hydrogen) atoms. The lowest BCUT2D eigenvalue weighted by Crippen LogP contribution is -2.25. The predicted molar refractivity (Wildman–Crippen MR) is 117 cm³/mol. The lowest BCUT2D eigenvalue weighted by Gasteiger charge is -2.23. The van der Waals surface area contributed by atoms with Crippen LogP contribution in [0.2, 0.25) is 0 Å². The van der Waals surface area contributed by atoms with E-state index in [9.17, 15) is 4.79 Å². The Bertz CT molecular complexity index is 771. The highest BCUT2D eigenvalue weighted by molar-refractivity contribution is 8.00. The van der Waals surface area contributed by atoms with Crippen molar-refractivity contribution in [3.63, 3.8) is 0 Å². The molecule has 4 heteroatoms. The van der Waals surface area contributed by atoms with Gasteiger partial charge in [0.2, 0.25) is 0 Å². The van der Waals surface area contributed by atoms with E-state index in [-0.39, 0.29) is 6.42 Å². The number of hydrogen-bond acceptors (Lipinski definition) is 3. The number of carboxylic acid groups (broad SMARTS) is 1. The van der Waals surface area contributed by atoms with E-state index in [0.717, 1.165) is 18.3 Å². The summed E-state index contributed by atoms with van der Waals surface area (Å²) in [5.41, 5.74) is 3.73. The van der Waals surface area contributed by atoms with Crippen molar-refractivity contribution in [3.05, 3.63) is 65.2 Å². The van der Waals surface area contributed by atoms with Crippen molar-refractivity contribution in [1.29, 1.82) is 0 Å². The number of thioether (sulfide) groups is 1. The molecule has 0 saturated heterocycles. The zero-order chi connectivity index (χ0) is 19.8. The Balaban J connectivity index is 1.66. The van der Waals surface area contributed by atoms with Crippen LogP contribution >= 0.6 is 11.8 Å². The van der Waals surface area contributed by atoms with Gasteiger partial charge >= 0.3 is 5.97 Å². The van der Waals surface area contributed by atoms with Crippen LogP contribution in [-0.4, -0.2) is 27.8 Å². The monoisotopic (exact) mass is 397 g/mol. The topological polar surface area (TPSA) is 40.5 Å². The molecule has 0 atom stereocenters. The molecule has 0 heterocycles. The third kappa shape index (κ3) is 6.99. The second-order valence-electron chi connectivity index (χ2n) is 7.87. The average molecular weight is 398 g/mol. The summed E-state index contributed by atoms with van der Waals surface area (Å²) in [6, 6.07) is 17.3. The number of hydrogen-bond donors (Lipinski definition) is 1. The van der Waals surface area contributed by atoms with Crippen molar-refractivity contribution in [2.75, 3.05) is 6.54 Å². The fraction of sp³-hybridized carbons (Fsp3) is 0.458. The molecule has 1 aliphatic rings. The molecule has 1 fully saturated rings. The lowest BCUT2D eigenvalue weighted by atomic mass is 10.0. The molecule has 0 spiro atoms. The molecule has 1 N–H and O–H groups in total. The molecule has 0 amide bonds. The molecule has 3 nitrogen and oxygen atoms in total. The standard InChI is InChI=1S/C24H31NO2S/c1-19-7-5-8-20(15-19)17-25(14-13-24(26)27)18-21-9-6-12-23(16-21)28-22-10-3-2-4-11-22/h5-9,12,15-16,22H,2-4,10-11,13-14,17-18H2,1H3,(H,26,27). The van der Waals surface area contributed by atoms with Crippen molar-refractivity contribution in [1.82, 2.24) is 4.90 Å². The summed E-state index contributed by atoms with van der Waals surface area (Å²) < 4.78 is 0. The quantitative estimate of drug-likeness (QED) is 0.572. The molecule has 0 bridgehead atoms. The number of carbonyl (C=O) groups is 1. The van der Waals surface area contributed by atoms with Gasteiger partial charge in [-0.25, -0.2) is 0 Å². The van der Waals surface area contributed by atoms with Gasteiger partial charge in [0, 0.05) is 29.8 Å². The summed E-state index contributed by atoms with van der Waals surface area (Å²) in [5, 5.41) is 9.88. The Hall–Kier alpha value is -1.78. The fourth-order valence-electron chi connectivity index (χ4n) is 3.89. The van der Waals surface area contributed by atoms with E-state index in [1.54, 1.807) is 0 Å². The van der Waals surface area contributed by atoms with Gasteiger partial charge in [0.25, 0.3) is 0 Å². The molecular formula is C24H31NO2S. The summed E-state index contributed by atoms with van der Waals surface area (Å²) in [7, 11) is 0. The molecule has 0 aromatic heterocycles. The Labute approximate surface area is 173 Å². The summed E-state index contributed by atoms with van der Waals surface area (Å²) in [5.74, 6) is -0.740. The van der Waals surface area contributed by atoms with Crippen LogP contribution < -0.4 is 0 Å². The first-order chi connectivity index (χ1) is 13.6. The van der Waals surface area contributed by atoms with Crippen LogP contribution in [0, 0.1) is 6.92 Å². The minimum absolute atomic E-state index is 0.169. The maximum Gasteiger partial charge on any atom is 0.304 e. The van der Waals surface area contributed by atoms with E-state index < -0.39 is 5.97 Å². The molecule has 1 aliphatic carbocycles. The summed E-state index contributed by atoms with van der Waals surface area (Å²) >= 11 is 2.02. The molecule has 1 saturated carbocycles. The molecule has 150 valence electrons. The van der Waals surface area contributed by atoms with Gasteiger partial charge in [0.05, 0.1) is 6.42 Å². The van der Waals surface area contributed by atoms with E-state index >= 15 is 0 Å². The molecule has 0 radical (unpaired) electrons. The maximum absolute atomic E-state index is 11.1. The number of aliphatic carboxylic acids is 1. The highest BCUT2D eigenvalue weighted by Gasteiger charge is 2.15. The Morgan fingerprint density at radius 3 is 2.39 bits per heavy atom. The zero-order valence-electron chi connectivity index (χ0n) is 16.8. The Morgan fingerprint density at radius 2 is 1.71 bits per heavy atom. The van der Waals surface area contributed by atoms with Gasteiger partial charge in [0.15, 0.2) is 0 Å². The molecular weight excluding hydrogens is 366 g/mol. The smallest absolute Gasteiger partial charge is 0.304 e. The minimum atomic E-state index is -0.740. The van der Waals surface area contributed by atoms with Crippen LogP contribution in [0.5, 0.6) is 0 Å². The second kappa shape index (κ2) is 10.7. The third-order valence-electron chi connectivity index (χ3n) is 5.29. The van der Waals surface area contributed by atoms with Crippen LogP contribution in [-0.2, 0) is 17.9 Å². The highest BCUT2D eigenvalue weighted by Crippen LogP contribution is 2.34. The van der Waals surface area contributed by atoms with Crippen molar-refractivity contribution in [2.45, 2.75) is 68.7 Å². The number of aryl methyl sites for hydroxylation is 1. The molecule has 0 aliphatic heterocycles. The van der Waals surface area contributed by atoms with Gasteiger partial charge in [-0.2, -0.15) is 0 Å². The molecule has 0 unspecified atom stereocenters. The van der Waals surface area contributed by atoms with Gasteiger partial charge in [0.1, 0.15) is 0 Å². The number of nitrogens with zero attached hydrogens (tertiary/aromatic N) is 1. The average Bonchev–Trinajstić information content (AvgIpc) is 2.67. The SMILES string of the molecule is Cc1cccc(CN(CCC(=O)O)Cc2cccc(SC3CCCCC3)c2)c1. The van der Waals surface area contributed by atoms with E-state index in [1.165, 1.54) is 53.7 Å². The van der Waals surface area contributed by atoms with Gasteiger partial charge < -0.3 is 5.11 Å². The van der Waals surface area contributed by atoms with Crippen LogP contribution in [0.4, 0.5) is 0 Å². The second-order valence-corrected chi connectivity index (χ2v) is 9.24. The van der Waals surface area contributed by atoms with Crippen molar-refractivity contribution < 1.29 is 9.90 Å². The van der Waals surface area contributed by atoms with Gasteiger partial charge in [-0.15, -0.1) is 11.8 Å². The van der Waals surface area contributed by atoms with Crippen LogP contribution in [0.15, 0.2) is 53.4 Å². The van der Waals surface area contributed by atoms with E-state index in [4.69, 9.17) is 5.11 Å². The van der Waals surface area contributed by atoms with Gasteiger partial charge in [-0.05, 0) is 43.0 Å². The molecule has 3 rings (SSSR count). The van der Waals surface area contributed by atoms with Crippen LogP contribution in [0.25, 0.3) is 0 Å². The van der Waals surface area contributed by atoms with Crippen LogP contribution in [0.3, 0.4) is 0 Å². The van der Waals surface area contributed by atoms with Crippen LogP contribution in [0.1, 0.15) is 55.2 Å².